The topological polar surface area (TPSA) is 137 Å². The molecule has 9 heteroatoms. The lowest BCUT2D eigenvalue weighted by atomic mass is 10.1. The molecule has 0 amide bonds. The van der Waals surface area contributed by atoms with Gasteiger partial charge in [-0.05, 0) is 6.07 Å². The highest BCUT2D eigenvalue weighted by Gasteiger charge is 2.43. The van der Waals surface area contributed by atoms with Gasteiger partial charge in [-0.25, -0.2) is 4.79 Å². The van der Waals surface area contributed by atoms with Gasteiger partial charge in [-0.1, -0.05) is 0 Å². The van der Waals surface area contributed by atoms with Crippen LogP contribution in [0.25, 0.3) is 0 Å². The normalized spacial score (nSPS) is 34.0. The molecular formula is C9H13N3O6. The quantitative estimate of drug-likeness (QED) is 0.382. The average molecular weight is 261 g/mol. The Bertz CT molecular complexity index is 547. The van der Waals surface area contributed by atoms with Crippen molar-refractivity contribution < 1.29 is 28.0 Å². The number of anilines is 1. The maximum absolute atomic E-state index is 11.7. The lowest BCUT2D eigenvalue weighted by molar-refractivity contribution is -0.0549. The molecule has 1 unspecified atom stereocenters. The fourth-order valence-corrected chi connectivity index (χ4v) is 1.66. The smallest absolute Gasteiger partial charge is 0.351 e. The molecule has 0 radical (unpaired) electrons. The van der Waals surface area contributed by atoms with E-state index >= 15 is 0 Å². The molecule has 2 heterocycles. The van der Waals surface area contributed by atoms with E-state index in [0.717, 1.165) is 10.8 Å². The highest BCUT2D eigenvalue weighted by atomic mass is 16.6. The number of ether oxygens (including phenoxy) is 1. The lowest BCUT2D eigenvalue weighted by Crippen LogP contribution is -2.36. The number of aliphatic hydroxyl groups is 3. The summed E-state index contributed by atoms with van der Waals surface area (Å²) in [4.78, 5) is 15.1. The van der Waals surface area contributed by atoms with Gasteiger partial charge in [0.05, 0.1) is 9.30 Å². The van der Waals surface area contributed by atoms with Crippen LogP contribution in [0.4, 0.5) is 5.82 Å². The van der Waals surface area contributed by atoms with Crippen LogP contribution in [0.5, 0.6) is 0 Å². The van der Waals surface area contributed by atoms with E-state index < -0.39 is 36.8 Å². The minimum absolute atomic E-state index is 0.131. The van der Waals surface area contributed by atoms with Crippen LogP contribution in [0, 0.1) is 0 Å². The van der Waals surface area contributed by atoms with Crippen molar-refractivity contribution in [3.8, 4) is 0 Å². The molecule has 1 aromatic heterocycles. The van der Waals surface area contributed by atoms with Crippen LogP contribution in [0.2, 0.25) is 0 Å². The molecule has 1 aliphatic rings. The number of nitrogens with zero attached hydrogens (tertiary/aromatic N) is 2. The molecule has 100 valence electrons. The van der Waals surface area contributed by atoms with E-state index in [1.807, 2.05) is 0 Å². The van der Waals surface area contributed by atoms with Gasteiger partial charge >= 0.3 is 5.69 Å². The van der Waals surface area contributed by atoms with Crippen molar-refractivity contribution >= 4 is 5.82 Å². The summed E-state index contributed by atoms with van der Waals surface area (Å²) in [5.74, 6) is -0.131. The zero-order valence-electron chi connectivity index (χ0n) is 11.0. The molecule has 5 N–H and O–H groups in total. The van der Waals surface area contributed by atoms with Gasteiger partial charge in [0.15, 0.2) is 12.0 Å². The zero-order valence-corrected chi connectivity index (χ0v) is 8.96. The Morgan fingerprint density at radius 3 is 2.78 bits per heavy atom. The summed E-state index contributed by atoms with van der Waals surface area (Å²) in [6.45, 7) is -2.89. The van der Waals surface area contributed by atoms with E-state index in [1.165, 1.54) is 6.07 Å². The summed E-state index contributed by atoms with van der Waals surface area (Å²) in [7, 11) is 0. The van der Waals surface area contributed by atoms with Crippen LogP contribution >= 0.6 is 0 Å². The van der Waals surface area contributed by atoms with Crippen molar-refractivity contribution in [2.75, 3.05) is 12.0 Å². The highest BCUT2D eigenvalue weighted by Crippen LogP contribution is 2.27. The SMILES string of the molecule is [2H]C([2H])(O)[C@H]1O[C@@H](n2ccc(NO)nc2=O)C(O)[C@H]1O. The second-order valence-electron chi connectivity index (χ2n) is 3.67. The van der Waals surface area contributed by atoms with E-state index in [4.69, 9.17) is 12.7 Å². The van der Waals surface area contributed by atoms with Crippen molar-refractivity contribution in [2.24, 2.45) is 0 Å². The molecule has 9 nitrogen and oxygen atoms in total. The van der Waals surface area contributed by atoms with Crippen LogP contribution < -0.4 is 11.2 Å². The molecule has 0 bridgehead atoms. The maximum atomic E-state index is 11.7. The largest absolute Gasteiger partial charge is 0.394 e. The van der Waals surface area contributed by atoms with Gasteiger partial charge in [0, 0.05) is 6.20 Å². The number of rotatable bonds is 3. The standard InChI is InChI=1S/C9H13N3O6/c13-3-4-6(14)7(15)8(18-4)12-2-1-5(11-17)10-9(12)16/h1-2,4,6-8,13-15,17H,3H2,(H,10,11,16)/t4-,6+,7?,8-/m1/s1/i3D2. The molecule has 1 fully saturated rings. The summed E-state index contributed by atoms with van der Waals surface area (Å²) in [5.41, 5.74) is 0.758. The van der Waals surface area contributed by atoms with E-state index in [-0.39, 0.29) is 5.82 Å². The summed E-state index contributed by atoms with van der Waals surface area (Å²) < 4.78 is 20.0. The van der Waals surface area contributed by atoms with Gasteiger partial charge in [0.1, 0.15) is 18.3 Å². The third-order valence-electron chi connectivity index (χ3n) is 2.58. The lowest BCUT2D eigenvalue weighted by Gasteiger charge is -2.16. The number of aliphatic hydroxyl groups excluding tert-OH is 2. The van der Waals surface area contributed by atoms with Crippen LogP contribution in [-0.4, -0.2) is 54.9 Å². The molecule has 1 aliphatic heterocycles. The predicted octanol–water partition coefficient (Wildman–Crippen LogP) is -2.34. The van der Waals surface area contributed by atoms with Gasteiger partial charge < -0.3 is 20.1 Å². The van der Waals surface area contributed by atoms with Crippen molar-refractivity contribution in [2.45, 2.75) is 24.5 Å². The van der Waals surface area contributed by atoms with E-state index in [9.17, 15) is 20.1 Å². The monoisotopic (exact) mass is 261 g/mol. The molecule has 4 atom stereocenters. The highest BCUT2D eigenvalue weighted by molar-refractivity contribution is 5.28. The van der Waals surface area contributed by atoms with Gasteiger partial charge in [-0.2, -0.15) is 4.98 Å². The first-order valence-corrected chi connectivity index (χ1v) is 4.99. The molecular weight excluding hydrogens is 246 g/mol. The van der Waals surface area contributed by atoms with E-state index in [2.05, 4.69) is 4.98 Å². The van der Waals surface area contributed by atoms with Gasteiger partial charge in [0.2, 0.25) is 0 Å². The average Bonchev–Trinajstić information content (AvgIpc) is 2.66. The van der Waals surface area contributed by atoms with Crippen molar-refractivity contribution in [3.05, 3.63) is 22.7 Å². The molecule has 0 spiro atoms. The molecule has 1 aromatic rings. The second kappa shape index (κ2) is 5.00. The summed E-state index contributed by atoms with van der Waals surface area (Å²) in [5, 5.41) is 37.3. The van der Waals surface area contributed by atoms with Crippen molar-refractivity contribution in [1.29, 1.82) is 0 Å². The maximum Gasteiger partial charge on any atom is 0.351 e. The Morgan fingerprint density at radius 1 is 1.56 bits per heavy atom. The number of aromatic nitrogens is 2. The number of hydrogen-bond donors (Lipinski definition) is 5. The van der Waals surface area contributed by atoms with Crippen LogP contribution in [0.1, 0.15) is 8.97 Å². The summed E-state index contributed by atoms with van der Waals surface area (Å²) in [6, 6.07) is 1.20. The molecule has 0 aromatic carbocycles. The minimum Gasteiger partial charge on any atom is -0.394 e. The summed E-state index contributed by atoms with van der Waals surface area (Å²) in [6.07, 6.45) is -5.35. The summed E-state index contributed by atoms with van der Waals surface area (Å²) >= 11 is 0. The first-order valence-electron chi connectivity index (χ1n) is 5.99. The van der Waals surface area contributed by atoms with Crippen molar-refractivity contribution in [3.63, 3.8) is 0 Å². The van der Waals surface area contributed by atoms with Crippen LogP contribution in [-0.2, 0) is 4.74 Å². The van der Waals surface area contributed by atoms with Gasteiger partial charge in [-0.3, -0.25) is 15.3 Å². The first kappa shape index (κ1) is 10.4. The fraction of sp³-hybridized carbons (Fsp3) is 0.556. The molecule has 0 aliphatic carbocycles. The van der Waals surface area contributed by atoms with Crippen molar-refractivity contribution in [1.82, 2.24) is 9.55 Å². The Labute approximate surface area is 104 Å². The molecule has 0 saturated carbocycles. The fourth-order valence-electron chi connectivity index (χ4n) is 1.66. The van der Waals surface area contributed by atoms with E-state index in [0.29, 0.717) is 0 Å². The number of nitrogens with one attached hydrogen (secondary N) is 1. The predicted molar refractivity (Wildman–Crippen MR) is 56.9 cm³/mol. The third kappa shape index (κ3) is 2.09. The van der Waals surface area contributed by atoms with Crippen LogP contribution in [0.15, 0.2) is 17.1 Å². The van der Waals surface area contributed by atoms with E-state index in [1.54, 1.807) is 5.48 Å². The Balaban J connectivity index is 2.33. The third-order valence-corrected chi connectivity index (χ3v) is 2.58. The Hall–Kier alpha value is -1.52. The first-order chi connectivity index (χ1) is 9.25. The van der Waals surface area contributed by atoms with Gasteiger partial charge in [0.25, 0.3) is 0 Å². The Kier molecular flexibility index (Phi) is 2.89. The molecule has 18 heavy (non-hydrogen) atoms. The van der Waals surface area contributed by atoms with Crippen LogP contribution in [0.3, 0.4) is 0 Å². The molecule has 1 saturated heterocycles. The zero-order chi connectivity index (χ0) is 15.1. The molecule has 2 rings (SSSR count). The number of hydrogen-bond acceptors (Lipinski definition) is 8. The van der Waals surface area contributed by atoms with Gasteiger partial charge in [-0.15, -0.1) is 0 Å². The second-order valence-corrected chi connectivity index (χ2v) is 3.67. The Morgan fingerprint density at radius 2 is 2.28 bits per heavy atom. The minimum atomic E-state index is -2.89.